The molecule has 0 bridgehead atoms. The lowest BCUT2D eigenvalue weighted by Gasteiger charge is -2.20. The summed E-state index contributed by atoms with van der Waals surface area (Å²) in [6.07, 6.45) is 1.15. The number of hydrogen-bond donors (Lipinski definition) is 1. The molecular formula is C13H29NOS. The van der Waals surface area contributed by atoms with Crippen LogP contribution in [0.2, 0.25) is 0 Å². The van der Waals surface area contributed by atoms with E-state index in [9.17, 15) is 0 Å². The Hall–Kier alpha value is 0.270. The Labute approximate surface area is 106 Å². The van der Waals surface area contributed by atoms with Gasteiger partial charge in [-0.3, -0.25) is 0 Å². The number of thioether (sulfide) groups is 1. The van der Waals surface area contributed by atoms with Crippen molar-refractivity contribution in [1.82, 2.24) is 5.32 Å². The van der Waals surface area contributed by atoms with Crippen molar-refractivity contribution in [1.29, 1.82) is 0 Å². The normalized spacial score (nSPS) is 13.1. The van der Waals surface area contributed by atoms with Gasteiger partial charge in [0.25, 0.3) is 0 Å². The first-order valence-electron chi connectivity index (χ1n) is 6.17. The van der Waals surface area contributed by atoms with Gasteiger partial charge in [-0.2, -0.15) is 11.8 Å². The zero-order valence-corrected chi connectivity index (χ0v) is 12.7. The molecule has 0 unspecified atom stereocenters. The van der Waals surface area contributed by atoms with Crippen molar-refractivity contribution < 1.29 is 4.74 Å². The van der Waals surface area contributed by atoms with E-state index in [1.165, 1.54) is 5.75 Å². The SMILES string of the molecule is CC(C)(C)NCCOCCCSC(C)(C)C. The maximum absolute atomic E-state index is 5.57. The van der Waals surface area contributed by atoms with Crippen LogP contribution in [0.5, 0.6) is 0 Å². The second-order valence-corrected chi connectivity index (χ2v) is 8.03. The predicted octanol–water partition coefficient (Wildman–Crippen LogP) is 3.31. The second-order valence-electron chi connectivity index (χ2n) is 6.10. The van der Waals surface area contributed by atoms with Gasteiger partial charge in [-0.05, 0) is 32.9 Å². The van der Waals surface area contributed by atoms with E-state index in [-0.39, 0.29) is 5.54 Å². The molecule has 0 rings (SSSR count). The Bertz CT molecular complexity index is 150. The highest BCUT2D eigenvalue weighted by Gasteiger charge is 2.09. The lowest BCUT2D eigenvalue weighted by atomic mass is 10.1. The summed E-state index contributed by atoms with van der Waals surface area (Å²) in [6, 6.07) is 0. The molecule has 16 heavy (non-hydrogen) atoms. The second kappa shape index (κ2) is 7.57. The molecule has 2 nitrogen and oxygen atoms in total. The third kappa shape index (κ3) is 14.3. The van der Waals surface area contributed by atoms with Crippen LogP contribution in [0.3, 0.4) is 0 Å². The van der Waals surface area contributed by atoms with Crippen LogP contribution in [0.1, 0.15) is 48.0 Å². The summed E-state index contributed by atoms with van der Waals surface area (Å²) in [5, 5.41) is 3.41. The van der Waals surface area contributed by atoms with E-state index in [0.717, 1.165) is 26.2 Å². The minimum Gasteiger partial charge on any atom is -0.380 e. The van der Waals surface area contributed by atoms with Crippen molar-refractivity contribution in [3.05, 3.63) is 0 Å². The fraction of sp³-hybridized carbons (Fsp3) is 1.00. The first-order chi connectivity index (χ1) is 7.21. The van der Waals surface area contributed by atoms with Gasteiger partial charge >= 0.3 is 0 Å². The van der Waals surface area contributed by atoms with E-state index < -0.39 is 0 Å². The summed E-state index contributed by atoms with van der Waals surface area (Å²) in [5.74, 6) is 1.19. The summed E-state index contributed by atoms with van der Waals surface area (Å²) in [7, 11) is 0. The summed E-state index contributed by atoms with van der Waals surface area (Å²) in [6.45, 7) is 15.9. The van der Waals surface area contributed by atoms with E-state index in [1.807, 2.05) is 11.8 Å². The van der Waals surface area contributed by atoms with Crippen LogP contribution in [-0.2, 0) is 4.74 Å². The van der Waals surface area contributed by atoms with Crippen molar-refractivity contribution in [3.8, 4) is 0 Å². The molecule has 0 heterocycles. The van der Waals surface area contributed by atoms with E-state index in [2.05, 4.69) is 46.9 Å². The monoisotopic (exact) mass is 247 g/mol. The van der Waals surface area contributed by atoms with Gasteiger partial charge in [0.15, 0.2) is 0 Å². The molecule has 0 aromatic rings. The quantitative estimate of drug-likeness (QED) is 0.697. The van der Waals surface area contributed by atoms with E-state index in [1.54, 1.807) is 0 Å². The summed E-state index contributed by atoms with van der Waals surface area (Å²) < 4.78 is 5.95. The maximum atomic E-state index is 5.57. The van der Waals surface area contributed by atoms with E-state index >= 15 is 0 Å². The van der Waals surface area contributed by atoms with Crippen LogP contribution in [0.4, 0.5) is 0 Å². The Morgan fingerprint density at radius 3 is 2.12 bits per heavy atom. The smallest absolute Gasteiger partial charge is 0.0591 e. The zero-order valence-electron chi connectivity index (χ0n) is 11.9. The fourth-order valence-electron chi connectivity index (χ4n) is 1.14. The molecule has 0 fully saturated rings. The average Bonchev–Trinajstić information content (AvgIpc) is 2.06. The minimum atomic E-state index is 0.200. The Kier molecular flexibility index (Phi) is 7.70. The molecule has 0 aliphatic heterocycles. The van der Waals surface area contributed by atoms with Crippen LogP contribution in [0.25, 0.3) is 0 Å². The highest BCUT2D eigenvalue weighted by Crippen LogP contribution is 2.23. The maximum Gasteiger partial charge on any atom is 0.0591 e. The minimum absolute atomic E-state index is 0.200. The highest BCUT2D eigenvalue weighted by atomic mass is 32.2. The summed E-state index contributed by atoms with van der Waals surface area (Å²) in [4.78, 5) is 0. The summed E-state index contributed by atoms with van der Waals surface area (Å²) >= 11 is 2.01. The van der Waals surface area contributed by atoms with Crippen LogP contribution >= 0.6 is 11.8 Å². The largest absolute Gasteiger partial charge is 0.380 e. The predicted molar refractivity (Wildman–Crippen MR) is 75.4 cm³/mol. The lowest BCUT2D eigenvalue weighted by Crippen LogP contribution is -2.38. The van der Waals surface area contributed by atoms with Crippen molar-refractivity contribution >= 4 is 11.8 Å². The molecule has 3 heteroatoms. The molecule has 0 saturated carbocycles. The lowest BCUT2D eigenvalue weighted by molar-refractivity contribution is 0.132. The topological polar surface area (TPSA) is 21.3 Å². The van der Waals surface area contributed by atoms with E-state index in [0.29, 0.717) is 4.75 Å². The molecular weight excluding hydrogens is 218 g/mol. The van der Waals surface area contributed by atoms with Gasteiger partial charge in [-0.15, -0.1) is 0 Å². The molecule has 0 atom stereocenters. The first kappa shape index (κ1) is 16.3. The van der Waals surface area contributed by atoms with E-state index in [4.69, 9.17) is 4.74 Å². The summed E-state index contributed by atoms with van der Waals surface area (Å²) in [5.41, 5.74) is 0.200. The molecule has 0 amide bonds. The van der Waals surface area contributed by atoms with Crippen molar-refractivity contribution in [3.63, 3.8) is 0 Å². The van der Waals surface area contributed by atoms with Crippen LogP contribution < -0.4 is 5.32 Å². The Morgan fingerprint density at radius 2 is 1.62 bits per heavy atom. The van der Waals surface area contributed by atoms with Gasteiger partial charge in [-0.25, -0.2) is 0 Å². The number of hydrogen-bond acceptors (Lipinski definition) is 3. The molecule has 0 aromatic heterocycles. The van der Waals surface area contributed by atoms with Gasteiger partial charge in [0, 0.05) is 23.4 Å². The van der Waals surface area contributed by atoms with Crippen LogP contribution in [0, 0.1) is 0 Å². The van der Waals surface area contributed by atoms with Crippen LogP contribution in [-0.4, -0.2) is 35.8 Å². The molecule has 1 N–H and O–H groups in total. The number of nitrogens with one attached hydrogen (secondary N) is 1. The number of rotatable bonds is 7. The Morgan fingerprint density at radius 1 is 1.00 bits per heavy atom. The molecule has 0 aliphatic rings. The molecule has 98 valence electrons. The van der Waals surface area contributed by atoms with Crippen molar-refractivity contribution in [2.75, 3.05) is 25.5 Å². The third-order valence-electron chi connectivity index (χ3n) is 1.87. The van der Waals surface area contributed by atoms with Gasteiger partial charge in [0.2, 0.25) is 0 Å². The highest BCUT2D eigenvalue weighted by molar-refractivity contribution is 8.00. The fourth-order valence-corrected chi connectivity index (χ4v) is 2.01. The third-order valence-corrected chi connectivity index (χ3v) is 3.23. The van der Waals surface area contributed by atoms with Crippen molar-refractivity contribution in [2.24, 2.45) is 0 Å². The number of ether oxygens (including phenoxy) is 1. The standard InChI is InChI=1S/C13H29NOS/c1-12(2,3)14-8-10-15-9-7-11-16-13(4,5)6/h14H,7-11H2,1-6H3. The van der Waals surface area contributed by atoms with Crippen molar-refractivity contribution in [2.45, 2.75) is 58.2 Å². The molecule has 0 aromatic carbocycles. The molecule has 0 aliphatic carbocycles. The first-order valence-corrected chi connectivity index (χ1v) is 7.16. The molecule has 0 saturated heterocycles. The van der Waals surface area contributed by atoms with Gasteiger partial charge in [0.05, 0.1) is 6.61 Å². The molecule has 0 spiro atoms. The molecule has 0 radical (unpaired) electrons. The van der Waals surface area contributed by atoms with Gasteiger partial charge in [-0.1, -0.05) is 20.8 Å². The van der Waals surface area contributed by atoms with Gasteiger partial charge in [0.1, 0.15) is 0 Å². The van der Waals surface area contributed by atoms with Crippen LogP contribution in [0.15, 0.2) is 0 Å². The zero-order chi connectivity index (χ0) is 12.7. The van der Waals surface area contributed by atoms with Gasteiger partial charge < -0.3 is 10.1 Å². The average molecular weight is 247 g/mol. The Balaban J connectivity index is 3.17.